The van der Waals surface area contributed by atoms with Crippen LogP contribution in [0, 0.1) is 6.92 Å². The number of sulfonamides is 1. The molecule has 0 radical (unpaired) electrons. The molecule has 0 saturated carbocycles. The molecule has 0 bridgehead atoms. The molecule has 0 amide bonds. The summed E-state index contributed by atoms with van der Waals surface area (Å²) in [5, 5.41) is 0. The molecule has 0 heterocycles. The lowest BCUT2D eigenvalue weighted by atomic mass is 10.0. The average Bonchev–Trinajstić information content (AvgIpc) is 2.65. The summed E-state index contributed by atoms with van der Waals surface area (Å²) >= 11 is 0. The number of carbonyl (C=O) groups is 3. The molecule has 2 aromatic rings. The van der Waals surface area contributed by atoms with E-state index in [0.29, 0.717) is 11.3 Å². The zero-order valence-electron chi connectivity index (χ0n) is 16.5. The maximum absolute atomic E-state index is 12.4. The molecule has 0 spiro atoms. The van der Waals surface area contributed by atoms with Crippen LogP contribution >= 0.6 is 0 Å². The second-order valence-electron chi connectivity index (χ2n) is 6.74. The number of ether oxygens (including phenoxy) is 1. The van der Waals surface area contributed by atoms with E-state index in [1.807, 2.05) is 19.1 Å². The molecule has 7 nitrogen and oxygen atoms in total. The minimum absolute atomic E-state index is 0.00529. The Labute approximate surface area is 170 Å². The van der Waals surface area contributed by atoms with Crippen LogP contribution in [-0.4, -0.2) is 38.3 Å². The fourth-order valence-electron chi connectivity index (χ4n) is 2.56. The van der Waals surface area contributed by atoms with Crippen LogP contribution in [0.15, 0.2) is 48.5 Å². The maximum Gasteiger partial charge on any atom is 0.306 e. The van der Waals surface area contributed by atoms with Crippen LogP contribution in [0.4, 0.5) is 5.69 Å². The Morgan fingerprint density at radius 2 is 1.48 bits per heavy atom. The fraction of sp³-hybridized carbons (Fsp3) is 0.286. The molecule has 0 unspecified atom stereocenters. The van der Waals surface area contributed by atoms with Gasteiger partial charge in [-0.1, -0.05) is 29.8 Å². The third kappa shape index (κ3) is 7.15. The molecular formula is C21H23NO6S. The lowest BCUT2D eigenvalue weighted by molar-refractivity contribution is -0.146. The lowest BCUT2D eigenvalue weighted by Crippen LogP contribution is -2.24. The molecule has 29 heavy (non-hydrogen) atoms. The lowest BCUT2D eigenvalue weighted by Gasteiger charge is -2.13. The predicted molar refractivity (Wildman–Crippen MR) is 110 cm³/mol. The molecule has 8 heteroatoms. The van der Waals surface area contributed by atoms with Gasteiger partial charge in [0.05, 0.1) is 12.7 Å². The quantitative estimate of drug-likeness (QED) is 0.496. The number of aryl methyl sites for hydroxylation is 1. The van der Waals surface area contributed by atoms with Crippen molar-refractivity contribution in [1.29, 1.82) is 0 Å². The number of carbonyl (C=O) groups excluding carboxylic acids is 3. The van der Waals surface area contributed by atoms with Crippen LogP contribution in [0.5, 0.6) is 0 Å². The van der Waals surface area contributed by atoms with Gasteiger partial charge in [-0.3, -0.25) is 19.1 Å². The van der Waals surface area contributed by atoms with Crippen LogP contribution in [0.2, 0.25) is 0 Å². The summed E-state index contributed by atoms with van der Waals surface area (Å²) in [6, 6.07) is 12.8. The van der Waals surface area contributed by atoms with Gasteiger partial charge >= 0.3 is 5.97 Å². The number of hydrogen-bond acceptors (Lipinski definition) is 6. The Balaban J connectivity index is 1.87. The van der Waals surface area contributed by atoms with Crippen molar-refractivity contribution in [2.45, 2.75) is 32.8 Å². The van der Waals surface area contributed by atoms with Crippen molar-refractivity contribution in [2.75, 3.05) is 11.0 Å². The summed E-state index contributed by atoms with van der Waals surface area (Å²) in [6.45, 7) is 3.37. The van der Waals surface area contributed by atoms with Gasteiger partial charge in [0.25, 0.3) is 0 Å². The van der Waals surface area contributed by atoms with Crippen LogP contribution in [0.3, 0.4) is 0 Å². The highest BCUT2D eigenvalue weighted by atomic mass is 32.2. The SMILES string of the molecule is Cc1ccc(C(=O)CCC(=O)O[C@H](C)C(=O)c2ccc(NS(C)(=O)=O)cc2)cc1. The van der Waals surface area contributed by atoms with Crippen LogP contribution in [0.25, 0.3) is 0 Å². The molecule has 2 aromatic carbocycles. The van der Waals surface area contributed by atoms with Gasteiger partial charge in [0.2, 0.25) is 15.8 Å². The van der Waals surface area contributed by atoms with Gasteiger partial charge in [-0.25, -0.2) is 8.42 Å². The standard InChI is InChI=1S/C21H23NO6S/c1-14-4-6-16(7-5-14)19(23)12-13-20(24)28-15(2)21(25)17-8-10-18(11-9-17)22-29(3,26)27/h4-11,15,22H,12-13H2,1-3H3/t15-/m1/s1. The summed E-state index contributed by atoms with van der Waals surface area (Å²) < 4.78 is 29.8. The average molecular weight is 417 g/mol. The fourth-order valence-corrected chi connectivity index (χ4v) is 3.12. The third-order valence-electron chi connectivity index (χ3n) is 4.08. The van der Waals surface area contributed by atoms with E-state index in [4.69, 9.17) is 4.74 Å². The number of anilines is 1. The topological polar surface area (TPSA) is 107 Å². The van der Waals surface area contributed by atoms with Gasteiger partial charge in [0, 0.05) is 23.2 Å². The summed E-state index contributed by atoms with van der Waals surface area (Å²) in [5.41, 5.74) is 2.16. The van der Waals surface area contributed by atoms with Crippen molar-refractivity contribution in [3.8, 4) is 0 Å². The normalized spacial score (nSPS) is 12.1. The minimum atomic E-state index is -3.41. The zero-order valence-corrected chi connectivity index (χ0v) is 17.3. The monoisotopic (exact) mass is 417 g/mol. The maximum atomic E-state index is 12.4. The number of esters is 1. The number of hydrogen-bond donors (Lipinski definition) is 1. The molecule has 0 aliphatic heterocycles. The zero-order chi connectivity index (χ0) is 21.6. The Morgan fingerprint density at radius 3 is 2.03 bits per heavy atom. The van der Waals surface area contributed by atoms with E-state index in [1.165, 1.54) is 31.2 Å². The highest BCUT2D eigenvalue weighted by molar-refractivity contribution is 7.92. The third-order valence-corrected chi connectivity index (χ3v) is 4.69. The van der Waals surface area contributed by atoms with E-state index in [9.17, 15) is 22.8 Å². The van der Waals surface area contributed by atoms with E-state index < -0.39 is 27.9 Å². The number of benzene rings is 2. The number of ketones is 2. The minimum Gasteiger partial charge on any atom is -0.454 e. The molecule has 0 aliphatic carbocycles. The van der Waals surface area contributed by atoms with E-state index in [-0.39, 0.29) is 24.2 Å². The smallest absolute Gasteiger partial charge is 0.306 e. The first kappa shape index (κ1) is 22.3. The van der Waals surface area contributed by atoms with Crippen molar-refractivity contribution < 1.29 is 27.5 Å². The van der Waals surface area contributed by atoms with Gasteiger partial charge in [-0.05, 0) is 38.1 Å². The highest BCUT2D eigenvalue weighted by Crippen LogP contribution is 2.14. The van der Waals surface area contributed by atoms with Crippen LogP contribution in [-0.2, 0) is 19.6 Å². The van der Waals surface area contributed by atoms with Gasteiger partial charge in [0.15, 0.2) is 11.9 Å². The Morgan fingerprint density at radius 1 is 0.931 bits per heavy atom. The second kappa shape index (κ2) is 9.47. The first-order chi connectivity index (χ1) is 13.5. The van der Waals surface area contributed by atoms with E-state index in [1.54, 1.807) is 12.1 Å². The largest absolute Gasteiger partial charge is 0.454 e. The summed E-state index contributed by atoms with van der Waals surface area (Å²) in [5.74, 6) is -1.23. The summed E-state index contributed by atoms with van der Waals surface area (Å²) in [7, 11) is -3.41. The summed E-state index contributed by atoms with van der Waals surface area (Å²) in [4.78, 5) is 36.5. The van der Waals surface area contributed by atoms with E-state index >= 15 is 0 Å². The predicted octanol–water partition coefficient (Wildman–Crippen LogP) is 3.14. The molecule has 0 fully saturated rings. The van der Waals surface area contributed by atoms with Gasteiger partial charge in [-0.15, -0.1) is 0 Å². The number of rotatable bonds is 9. The van der Waals surface area contributed by atoms with Gasteiger partial charge < -0.3 is 4.74 Å². The Hall–Kier alpha value is -3.00. The van der Waals surface area contributed by atoms with Crippen molar-refractivity contribution in [3.05, 3.63) is 65.2 Å². The summed E-state index contributed by atoms with van der Waals surface area (Å²) in [6.07, 6.45) is -0.126. The molecule has 154 valence electrons. The van der Waals surface area contributed by atoms with Gasteiger partial charge in [0.1, 0.15) is 0 Å². The van der Waals surface area contributed by atoms with Crippen molar-refractivity contribution in [1.82, 2.24) is 0 Å². The second-order valence-corrected chi connectivity index (χ2v) is 8.49. The van der Waals surface area contributed by atoms with E-state index in [2.05, 4.69) is 4.72 Å². The Kier molecular flexibility index (Phi) is 7.28. The molecule has 2 rings (SSSR count). The molecule has 0 aliphatic rings. The van der Waals surface area contributed by atoms with Crippen LogP contribution in [0.1, 0.15) is 46.0 Å². The first-order valence-electron chi connectivity index (χ1n) is 8.96. The number of Topliss-reactive ketones (excluding diaryl/α,β-unsaturated/α-hetero) is 2. The highest BCUT2D eigenvalue weighted by Gasteiger charge is 2.20. The van der Waals surface area contributed by atoms with Crippen molar-refractivity contribution in [2.24, 2.45) is 0 Å². The van der Waals surface area contributed by atoms with Crippen LogP contribution < -0.4 is 4.72 Å². The Bertz CT molecular complexity index is 994. The van der Waals surface area contributed by atoms with Crippen molar-refractivity contribution in [3.63, 3.8) is 0 Å². The van der Waals surface area contributed by atoms with Crippen molar-refractivity contribution >= 4 is 33.2 Å². The molecular weight excluding hydrogens is 394 g/mol. The molecule has 1 N–H and O–H groups in total. The molecule has 0 saturated heterocycles. The van der Waals surface area contributed by atoms with E-state index in [0.717, 1.165) is 11.8 Å². The molecule has 0 aromatic heterocycles. The first-order valence-corrected chi connectivity index (χ1v) is 10.9. The molecule has 1 atom stereocenters. The number of nitrogens with one attached hydrogen (secondary N) is 1. The van der Waals surface area contributed by atoms with Gasteiger partial charge in [-0.2, -0.15) is 0 Å².